The Kier molecular flexibility index (Phi) is 8.40. The highest BCUT2D eigenvalue weighted by molar-refractivity contribution is 6.54. The highest BCUT2D eigenvalue weighted by Crippen LogP contribution is 2.22. The van der Waals surface area contributed by atoms with Crippen molar-refractivity contribution in [1.29, 1.82) is 0 Å². The number of carbonyl (C=O) groups excluding carboxylic acids is 2. The van der Waals surface area contributed by atoms with Crippen molar-refractivity contribution in [1.82, 2.24) is 0 Å². The molecule has 3 N–H and O–H groups in total. The molecule has 0 spiro atoms. The third-order valence-electron chi connectivity index (χ3n) is 4.80. The number of nitrogens with two attached hydrogens (primary N) is 1. The van der Waals surface area contributed by atoms with Crippen LogP contribution in [0.3, 0.4) is 0 Å². The van der Waals surface area contributed by atoms with Gasteiger partial charge in [0.2, 0.25) is 0 Å². The number of amides is 2. The van der Waals surface area contributed by atoms with E-state index in [2.05, 4.69) is 10.3 Å². The first kappa shape index (κ1) is 25.0. The third-order valence-corrected chi connectivity index (χ3v) is 5.17. The van der Waals surface area contributed by atoms with Crippen molar-refractivity contribution in [2.75, 3.05) is 17.3 Å². The number of halogens is 3. The predicted octanol–water partition coefficient (Wildman–Crippen LogP) is 5.30. The van der Waals surface area contributed by atoms with Crippen LogP contribution in [0.25, 0.3) is 5.70 Å². The lowest BCUT2D eigenvalue weighted by Gasteiger charge is -2.18. The van der Waals surface area contributed by atoms with E-state index in [1.807, 2.05) is 18.2 Å². The molecular weight excluding hydrogens is 478 g/mol. The lowest BCUT2D eigenvalue weighted by Crippen LogP contribution is -2.30. The van der Waals surface area contributed by atoms with Crippen LogP contribution in [0.4, 0.5) is 21.5 Å². The summed E-state index contributed by atoms with van der Waals surface area (Å²) in [7, 11) is 1.54. The number of aliphatic imine (C=N–C) groups is 1. The first-order valence-corrected chi connectivity index (χ1v) is 11.0. The van der Waals surface area contributed by atoms with Crippen molar-refractivity contribution in [2.45, 2.75) is 4.84 Å². The van der Waals surface area contributed by atoms with Gasteiger partial charge in [-0.15, -0.1) is 0 Å². The summed E-state index contributed by atoms with van der Waals surface area (Å²) in [6.45, 7) is 0. The molecule has 0 radical (unpaired) electrons. The van der Waals surface area contributed by atoms with Crippen LogP contribution in [0, 0.1) is 5.82 Å². The van der Waals surface area contributed by atoms with Gasteiger partial charge in [-0.2, -0.15) is 0 Å². The van der Waals surface area contributed by atoms with E-state index in [-0.39, 0.29) is 17.0 Å². The fourth-order valence-electron chi connectivity index (χ4n) is 2.96. The highest BCUT2D eigenvalue weighted by Gasteiger charge is 2.19. The summed E-state index contributed by atoms with van der Waals surface area (Å²) in [5.41, 5.74) is 8.52. The fourth-order valence-corrected chi connectivity index (χ4v) is 3.25. The summed E-state index contributed by atoms with van der Waals surface area (Å²) < 4.78 is 13.6. The smallest absolute Gasteiger partial charge is 0.260 e. The van der Waals surface area contributed by atoms with Crippen molar-refractivity contribution >= 4 is 64.0 Å². The largest absolute Gasteiger partial charge is 0.398 e. The molecule has 0 aromatic heterocycles. The minimum absolute atomic E-state index is 0.0758. The zero-order valence-electron chi connectivity index (χ0n) is 18.1. The molecule has 0 aliphatic carbocycles. The second-order valence-corrected chi connectivity index (χ2v) is 8.23. The summed E-state index contributed by atoms with van der Waals surface area (Å²) in [5.74, 6) is -1.53. The number of carbonyl (C=O) groups is 2. The van der Waals surface area contributed by atoms with E-state index in [4.69, 9.17) is 28.9 Å². The molecule has 0 unspecified atom stereocenters. The maximum absolute atomic E-state index is 13.6. The number of para-hydroxylation sites is 1. The Morgan fingerprint density at radius 3 is 2.32 bits per heavy atom. The van der Waals surface area contributed by atoms with E-state index < -0.39 is 22.5 Å². The molecule has 0 saturated heterocycles. The van der Waals surface area contributed by atoms with Gasteiger partial charge in [0.1, 0.15) is 5.82 Å². The Labute approximate surface area is 206 Å². The lowest BCUT2D eigenvalue weighted by molar-refractivity contribution is -0.116. The van der Waals surface area contributed by atoms with Gasteiger partial charge in [0.15, 0.2) is 4.84 Å². The maximum Gasteiger partial charge on any atom is 0.260 e. The zero-order chi connectivity index (χ0) is 24.7. The number of alkyl halides is 2. The zero-order valence-corrected chi connectivity index (χ0v) is 19.6. The molecule has 0 bridgehead atoms. The Morgan fingerprint density at radius 1 is 1.03 bits per heavy atom. The van der Waals surface area contributed by atoms with Gasteiger partial charge >= 0.3 is 0 Å². The summed E-state index contributed by atoms with van der Waals surface area (Å²) in [6.07, 6.45) is 1.36. The monoisotopic (exact) mass is 498 g/mol. The molecule has 0 saturated carbocycles. The molecule has 3 aromatic rings. The minimum atomic E-state index is -1.19. The molecule has 2 amide bonds. The van der Waals surface area contributed by atoms with Gasteiger partial charge in [0, 0.05) is 24.6 Å². The van der Waals surface area contributed by atoms with Gasteiger partial charge in [0.25, 0.3) is 11.8 Å². The Bertz CT molecular complexity index is 1230. The number of hydrogen-bond donors (Lipinski definition) is 2. The number of rotatable bonds is 7. The van der Waals surface area contributed by atoms with Crippen molar-refractivity contribution < 1.29 is 14.0 Å². The van der Waals surface area contributed by atoms with E-state index in [1.54, 1.807) is 49.5 Å². The van der Waals surface area contributed by atoms with Crippen LogP contribution in [0.1, 0.15) is 5.56 Å². The average Bonchev–Trinajstić information content (AvgIpc) is 2.83. The Hall–Kier alpha value is -3.68. The summed E-state index contributed by atoms with van der Waals surface area (Å²) in [5, 5.41) is 2.64. The van der Waals surface area contributed by atoms with Crippen LogP contribution in [-0.4, -0.2) is 29.9 Å². The summed E-state index contributed by atoms with van der Waals surface area (Å²) in [6, 6.07) is 21.1. The van der Waals surface area contributed by atoms with Crippen molar-refractivity contribution in [3.63, 3.8) is 0 Å². The molecule has 34 heavy (non-hydrogen) atoms. The second kappa shape index (κ2) is 11.4. The van der Waals surface area contributed by atoms with E-state index in [1.165, 1.54) is 29.3 Å². The SMILES string of the molecule is CN(C(=O)C(Cl)Cl)c1ccc(C(N)=C(C=Nc2ccccc2)C(=O)Nc2cccc(F)c2)cc1. The number of nitrogens with zero attached hydrogens (tertiary/aromatic N) is 2. The lowest BCUT2D eigenvalue weighted by atomic mass is 10.1. The molecule has 9 heteroatoms. The molecule has 6 nitrogen and oxygen atoms in total. The van der Waals surface area contributed by atoms with Gasteiger partial charge in [-0.25, -0.2) is 4.39 Å². The second-order valence-electron chi connectivity index (χ2n) is 7.13. The predicted molar refractivity (Wildman–Crippen MR) is 136 cm³/mol. The molecular formula is C25H21Cl2FN4O2. The van der Waals surface area contributed by atoms with Crippen LogP contribution in [0.15, 0.2) is 89.4 Å². The quantitative estimate of drug-likeness (QED) is 0.263. The molecule has 0 heterocycles. The van der Waals surface area contributed by atoms with Gasteiger partial charge in [0.05, 0.1) is 17.0 Å². The van der Waals surface area contributed by atoms with Gasteiger partial charge in [-0.3, -0.25) is 14.6 Å². The highest BCUT2D eigenvalue weighted by atomic mass is 35.5. The Morgan fingerprint density at radius 2 is 1.71 bits per heavy atom. The third kappa shape index (κ3) is 6.43. The van der Waals surface area contributed by atoms with Crippen LogP contribution in [0.2, 0.25) is 0 Å². The first-order valence-electron chi connectivity index (χ1n) is 10.1. The van der Waals surface area contributed by atoms with Crippen molar-refractivity contribution in [2.24, 2.45) is 10.7 Å². The summed E-state index contributed by atoms with van der Waals surface area (Å²) in [4.78, 5) is 29.5. The van der Waals surface area contributed by atoms with Gasteiger partial charge in [-0.1, -0.05) is 59.6 Å². The first-order chi connectivity index (χ1) is 16.3. The van der Waals surface area contributed by atoms with Crippen molar-refractivity contribution in [3.8, 4) is 0 Å². The molecule has 0 fully saturated rings. The van der Waals surface area contributed by atoms with Gasteiger partial charge < -0.3 is 16.0 Å². The van der Waals surface area contributed by atoms with Gasteiger partial charge in [-0.05, 0) is 48.0 Å². The topological polar surface area (TPSA) is 87.8 Å². The molecule has 174 valence electrons. The number of hydrogen-bond acceptors (Lipinski definition) is 4. The average molecular weight is 499 g/mol. The maximum atomic E-state index is 13.6. The standard InChI is InChI=1S/C25H21Cl2FN4O2/c1-32(25(34)23(26)27)20-12-10-16(11-13-20)22(29)21(15-30-18-7-3-2-4-8-18)24(33)31-19-9-5-6-17(28)14-19/h2-15,23H,29H2,1H3,(H,31,33). The molecule has 3 aromatic carbocycles. The minimum Gasteiger partial charge on any atom is -0.398 e. The molecule has 0 aliphatic rings. The molecule has 0 atom stereocenters. The molecule has 0 aliphatic heterocycles. The number of benzene rings is 3. The molecule has 3 rings (SSSR count). The fraction of sp³-hybridized carbons (Fsp3) is 0.0800. The van der Waals surface area contributed by atoms with E-state index in [0.717, 1.165) is 0 Å². The van der Waals surface area contributed by atoms with E-state index in [9.17, 15) is 14.0 Å². The van der Waals surface area contributed by atoms with Crippen molar-refractivity contribution in [3.05, 3.63) is 95.8 Å². The van der Waals surface area contributed by atoms with Crippen LogP contribution in [-0.2, 0) is 9.59 Å². The number of nitrogens with one attached hydrogen (secondary N) is 1. The van der Waals surface area contributed by atoms with Crippen LogP contribution < -0.4 is 16.0 Å². The van der Waals surface area contributed by atoms with E-state index in [0.29, 0.717) is 16.9 Å². The van der Waals surface area contributed by atoms with Crippen LogP contribution in [0.5, 0.6) is 0 Å². The number of anilines is 2. The Balaban J connectivity index is 1.96. The summed E-state index contributed by atoms with van der Waals surface area (Å²) >= 11 is 11.3. The van der Waals surface area contributed by atoms with E-state index >= 15 is 0 Å². The van der Waals surface area contributed by atoms with Crippen LogP contribution >= 0.6 is 23.2 Å². The normalized spacial score (nSPS) is 11.9.